The Bertz CT molecular complexity index is 620. The van der Waals surface area contributed by atoms with Crippen LogP contribution in [-0.2, 0) is 4.74 Å². The maximum Gasteiger partial charge on any atom is 0.422 e. The third-order valence-electron chi connectivity index (χ3n) is 2.15. The lowest BCUT2D eigenvalue weighted by Gasteiger charge is -2.13. The van der Waals surface area contributed by atoms with Crippen molar-refractivity contribution in [3.8, 4) is 11.5 Å². The number of carboxylic acid groups (broad SMARTS) is 1. The molecule has 1 rings (SSSR count). The molecule has 0 saturated carbocycles. The molecule has 1 heterocycles. The molecular weight excluding hydrogens is 374 g/mol. The summed E-state index contributed by atoms with van der Waals surface area (Å²) >= 11 is 0.0693. The number of hydrogen-bond donors (Lipinski definition) is 1. The first-order chi connectivity index (χ1) is 10.9. The molecule has 6 nitrogen and oxygen atoms in total. The number of esters is 1. The monoisotopic (exact) mass is 382 g/mol. The minimum Gasteiger partial charge on any atom is -0.478 e. The van der Waals surface area contributed by atoms with Crippen molar-refractivity contribution in [3.63, 3.8) is 0 Å². The van der Waals surface area contributed by atoms with Gasteiger partial charge in [0.1, 0.15) is 0 Å². The Labute approximate surface area is 133 Å². The fraction of sp³-hybridized carbons (Fsp3) is 0.455. The molecule has 0 atom stereocenters. The number of rotatable bonds is 6. The van der Waals surface area contributed by atoms with E-state index in [9.17, 15) is 35.9 Å². The van der Waals surface area contributed by atoms with Crippen LogP contribution in [0.25, 0.3) is 0 Å². The summed E-state index contributed by atoms with van der Waals surface area (Å²) in [4.78, 5) is 20.8. The zero-order valence-corrected chi connectivity index (χ0v) is 12.4. The summed E-state index contributed by atoms with van der Waals surface area (Å²) in [5, 5.41) is 8.93. The van der Waals surface area contributed by atoms with E-state index in [-0.39, 0.29) is 11.3 Å². The Kier molecular flexibility index (Phi) is 5.92. The molecule has 0 aliphatic heterocycles. The first kappa shape index (κ1) is 19.9. The van der Waals surface area contributed by atoms with E-state index in [2.05, 4.69) is 14.2 Å². The van der Waals surface area contributed by atoms with Crippen molar-refractivity contribution in [2.45, 2.75) is 12.4 Å². The molecular formula is C11H8F6O6S. The van der Waals surface area contributed by atoms with Crippen molar-refractivity contribution >= 4 is 23.3 Å². The van der Waals surface area contributed by atoms with Crippen LogP contribution in [0.1, 0.15) is 19.3 Å². The SMILES string of the molecule is COC(=O)c1sc(C(=O)O)c(OCC(F)(F)F)c1OCC(F)(F)F. The molecule has 0 spiro atoms. The third kappa shape index (κ3) is 5.47. The van der Waals surface area contributed by atoms with Crippen molar-refractivity contribution in [2.75, 3.05) is 20.3 Å². The normalized spacial score (nSPS) is 12.0. The van der Waals surface area contributed by atoms with Gasteiger partial charge in [0, 0.05) is 0 Å². The number of alkyl halides is 6. The van der Waals surface area contributed by atoms with E-state index in [1.807, 2.05) is 0 Å². The summed E-state index contributed by atoms with van der Waals surface area (Å²) in [6.07, 6.45) is -9.79. The largest absolute Gasteiger partial charge is 0.478 e. The summed E-state index contributed by atoms with van der Waals surface area (Å²) in [5.41, 5.74) is 0. The van der Waals surface area contributed by atoms with Crippen LogP contribution >= 0.6 is 11.3 Å². The molecule has 0 saturated heterocycles. The minimum atomic E-state index is -4.90. The van der Waals surface area contributed by atoms with Crippen molar-refractivity contribution in [1.82, 2.24) is 0 Å². The van der Waals surface area contributed by atoms with Crippen molar-refractivity contribution < 1.29 is 55.2 Å². The average Bonchev–Trinajstić information content (AvgIpc) is 2.79. The van der Waals surface area contributed by atoms with Crippen molar-refractivity contribution in [3.05, 3.63) is 9.75 Å². The van der Waals surface area contributed by atoms with E-state index in [0.29, 0.717) is 0 Å². The standard InChI is InChI=1S/C11H8F6O6S/c1-21-9(20)7-5(23-3-11(15,16)17)4(6(24-7)8(18)19)22-2-10(12,13)14/h2-3H2,1H3,(H,18,19). The van der Waals surface area contributed by atoms with Gasteiger partial charge in [0.25, 0.3) is 0 Å². The molecule has 136 valence electrons. The van der Waals surface area contributed by atoms with Crippen molar-refractivity contribution in [2.24, 2.45) is 0 Å². The highest BCUT2D eigenvalue weighted by atomic mass is 32.1. The predicted molar refractivity (Wildman–Crippen MR) is 65.7 cm³/mol. The maximum atomic E-state index is 12.3. The minimum absolute atomic E-state index is 0.0693. The second-order valence-electron chi connectivity index (χ2n) is 4.02. The van der Waals surface area contributed by atoms with Gasteiger partial charge in [0.05, 0.1) is 7.11 Å². The van der Waals surface area contributed by atoms with Gasteiger partial charge >= 0.3 is 24.3 Å². The number of aromatic carboxylic acids is 1. The predicted octanol–water partition coefficient (Wildman–Crippen LogP) is 3.12. The smallest absolute Gasteiger partial charge is 0.422 e. The lowest BCUT2D eigenvalue weighted by atomic mass is 10.3. The maximum absolute atomic E-state index is 12.3. The molecule has 0 aromatic carbocycles. The lowest BCUT2D eigenvalue weighted by molar-refractivity contribution is -0.158. The van der Waals surface area contributed by atoms with E-state index >= 15 is 0 Å². The van der Waals surface area contributed by atoms with Crippen LogP contribution in [-0.4, -0.2) is 49.7 Å². The Morgan fingerprint density at radius 1 is 0.958 bits per heavy atom. The molecule has 1 aromatic heterocycles. The summed E-state index contributed by atoms with van der Waals surface area (Å²) in [6.45, 7) is -3.97. The molecule has 0 amide bonds. The number of hydrogen-bond acceptors (Lipinski definition) is 6. The van der Waals surface area contributed by atoms with Gasteiger partial charge in [0.15, 0.2) is 34.5 Å². The van der Waals surface area contributed by atoms with E-state index in [0.717, 1.165) is 7.11 Å². The van der Waals surface area contributed by atoms with Gasteiger partial charge in [-0.1, -0.05) is 0 Å². The molecule has 0 unspecified atom stereocenters. The van der Waals surface area contributed by atoms with Gasteiger partial charge in [0.2, 0.25) is 0 Å². The molecule has 0 radical (unpaired) electrons. The first-order valence-corrected chi connectivity index (χ1v) is 6.55. The van der Waals surface area contributed by atoms with Gasteiger partial charge < -0.3 is 19.3 Å². The fourth-order valence-corrected chi connectivity index (χ4v) is 2.29. The van der Waals surface area contributed by atoms with Gasteiger partial charge in [-0.2, -0.15) is 26.3 Å². The van der Waals surface area contributed by atoms with Gasteiger partial charge in [-0.15, -0.1) is 11.3 Å². The number of methoxy groups -OCH3 is 1. The number of carboxylic acids is 1. The molecule has 13 heteroatoms. The Hall–Kier alpha value is -2.18. The van der Waals surface area contributed by atoms with E-state index in [1.54, 1.807) is 0 Å². The highest BCUT2D eigenvalue weighted by Gasteiger charge is 2.36. The number of thiophene rings is 1. The quantitative estimate of drug-likeness (QED) is 0.602. The number of halogens is 6. The highest BCUT2D eigenvalue weighted by molar-refractivity contribution is 7.16. The average molecular weight is 382 g/mol. The molecule has 0 aliphatic carbocycles. The van der Waals surface area contributed by atoms with Crippen LogP contribution in [0.4, 0.5) is 26.3 Å². The molecule has 1 N–H and O–H groups in total. The van der Waals surface area contributed by atoms with Crippen LogP contribution < -0.4 is 9.47 Å². The summed E-state index contributed by atoms with van der Waals surface area (Å²) in [6, 6.07) is 0. The van der Waals surface area contributed by atoms with Gasteiger partial charge in [-0.3, -0.25) is 0 Å². The van der Waals surface area contributed by atoms with Crippen LogP contribution in [0, 0.1) is 0 Å². The second-order valence-corrected chi connectivity index (χ2v) is 5.04. The van der Waals surface area contributed by atoms with Crippen LogP contribution in [0.15, 0.2) is 0 Å². The summed E-state index contributed by atoms with van der Waals surface area (Å²) in [7, 11) is 0.840. The Morgan fingerprint density at radius 3 is 1.71 bits per heavy atom. The molecule has 24 heavy (non-hydrogen) atoms. The lowest BCUT2D eigenvalue weighted by Crippen LogP contribution is -2.22. The molecule has 0 bridgehead atoms. The summed E-state index contributed by atoms with van der Waals surface area (Å²) in [5.74, 6) is -5.31. The summed E-state index contributed by atoms with van der Waals surface area (Å²) < 4.78 is 86.2. The van der Waals surface area contributed by atoms with Gasteiger partial charge in [-0.05, 0) is 0 Å². The van der Waals surface area contributed by atoms with Crippen LogP contribution in [0.3, 0.4) is 0 Å². The second kappa shape index (κ2) is 7.15. The molecule has 0 aliphatic rings. The van der Waals surface area contributed by atoms with Crippen LogP contribution in [0.5, 0.6) is 11.5 Å². The Morgan fingerprint density at radius 2 is 1.38 bits per heavy atom. The Balaban J connectivity index is 3.34. The fourth-order valence-electron chi connectivity index (χ4n) is 1.34. The van der Waals surface area contributed by atoms with Gasteiger partial charge in [-0.25, -0.2) is 9.59 Å². The van der Waals surface area contributed by atoms with E-state index < -0.39 is 58.8 Å². The topological polar surface area (TPSA) is 82.1 Å². The van der Waals surface area contributed by atoms with E-state index in [1.165, 1.54) is 0 Å². The number of carbonyl (C=O) groups excluding carboxylic acids is 1. The van der Waals surface area contributed by atoms with Crippen molar-refractivity contribution in [1.29, 1.82) is 0 Å². The van der Waals surface area contributed by atoms with Crippen LogP contribution in [0.2, 0.25) is 0 Å². The number of carbonyl (C=O) groups is 2. The van der Waals surface area contributed by atoms with E-state index in [4.69, 9.17) is 5.11 Å². The third-order valence-corrected chi connectivity index (χ3v) is 3.27. The zero-order chi connectivity index (χ0) is 18.7. The molecule has 1 aromatic rings. The zero-order valence-electron chi connectivity index (χ0n) is 11.6. The number of ether oxygens (including phenoxy) is 3. The first-order valence-electron chi connectivity index (χ1n) is 5.73. The molecule has 0 fully saturated rings. The highest BCUT2D eigenvalue weighted by Crippen LogP contribution is 2.44.